The Labute approximate surface area is 166 Å². The Hall–Kier alpha value is -0.340. The van der Waals surface area contributed by atoms with Gasteiger partial charge in [0.1, 0.15) is 9.75 Å². The van der Waals surface area contributed by atoms with E-state index in [1.165, 1.54) is 25.7 Å². The predicted octanol–water partition coefficient (Wildman–Crippen LogP) is 5.59. The summed E-state index contributed by atoms with van der Waals surface area (Å²) in [6, 6.07) is 0. The highest BCUT2D eigenvalue weighted by molar-refractivity contribution is 6.56. The van der Waals surface area contributed by atoms with E-state index in [2.05, 4.69) is 0 Å². The molecule has 142 valence electrons. The Balaban J connectivity index is 1.57. The van der Waals surface area contributed by atoms with Crippen molar-refractivity contribution < 1.29 is 9.59 Å². The lowest BCUT2D eigenvalue weighted by Crippen LogP contribution is -2.80. The number of hydrogen-bond acceptors (Lipinski definition) is 2. The number of ketones is 2. The lowest BCUT2D eigenvalue weighted by molar-refractivity contribution is -0.146. The summed E-state index contributed by atoms with van der Waals surface area (Å²) < 4.78 is 0. The molecule has 0 unspecified atom stereocenters. The van der Waals surface area contributed by atoms with Crippen LogP contribution < -0.4 is 0 Å². The average Bonchev–Trinajstić information content (AvgIpc) is 2.57. The third-order valence-corrected chi connectivity index (χ3v) is 9.86. The Morgan fingerprint density at radius 1 is 0.577 bits per heavy atom. The molecule has 5 rings (SSSR count). The van der Waals surface area contributed by atoms with Gasteiger partial charge in [0.05, 0.1) is 0 Å². The van der Waals surface area contributed by atoms with E-state index in [4.69, 9.17) is 23.2 Å². The van der Waals surface area contributed by atoms with Crippen LogP contribution >= 0.6 is 23.2 Å². The van der Waals surface area contributed by atoms with Crippen LogP contribution in [0.4, 0.5) is 0 Å². The lowest BCUT2D eigenvalue weighted by atomic mass is 9.42. The summed E-state index contributed by atoms with van der Waals surface area (Å²) in [7, 11) is 0. The summed E-state index contributed by atoms with van der Waals surface area (Å²) in [5.74, 6) is 0.775. The highest BCUT2D eigenvalue weighted by atomic mass is 35.5. The predicted molar refractivity (Wildman–Crippen MR) is 104 cm³/mol. The van der Waals surface area contributed by atoms with Crippen LogP contribution in [0.2, 0.25) is 0 Å². The second kappa shape index (κ2) is 6.08. The second-order valence-electron chi connectivity index (χ2n) is 9.32. The van der Waals surface area contributed by atoms with Crippen LogP contribution in [0, 0.1) is 23.7 Å². The van der Waals surface area contributed by atoms with Gasteiger partial charge in [-0.15, -0.1) is 23.2 Å². The van der Waals surface area contributed by atoms with E-state index in [0.29, 0.717) is 0 Å². The zero-order valence-corrected chi connectivity index (χ0v) is 16.9. The molecule has 0 aliphatic heterocycles. The van der Waals surface area contributed by atoms with Crippen molar-refractivity contribution in [3.05, 3.63) is 11.1 Å². The van der Waals surface area contributed by atoms with E-state index in [1.54, 1.807) is 0 Å². The van der Waals surface area contributed by atoms with Gasteiger partial charge in [-0.2, -0.15) is 0 Å². The number of allylic oxidation sites excluding steroid dienone is 2. The minimum atomic E-state index is -1.17. The molecule has 0 aromatic heterocycles. The van der Waals surface area contributed by atoms with Gasteiger partial charge >= 0.3 is 0 Å². The Morgan fingerprint density at radius 3 is 1.31 bits per heavy atom. The second-order valence-corrected chi connectivity index (χ2v) is 10.5. The summed E-state index contributed by atoms with van der Waals surface area (Å²) in [4.78, 5) is 24.9. The number of alkyl halides is 2. The largest absolute Gasteiger partial charge is 0.292 e. The molecule has 0 spiro atoms. The van der Waals surface area contributed by atoms with E-state index in [9.17, 15) is 9.59 Å². The highest BCUT2D eigenvalue weighted by Crippen LogP contribution is 2.71. The molecule has 0 heterocycles. The molecule has 4 heteroatoms. The fourth-order valence-electron chi connectivity index (χ4n) is 7.00. The molecule has 0 amide bonds. The fourth-order valence-corrected chi connectivity index (χ4v) is 8.18. The molecular formula is C22H28Cl2O2. The maximum atomic E-state index is 13.6. The minimum Gasteiger partial charge on any atom is -0.292 e. The molecule has 5 aliphatic rings. The minimum absolute atomic E-state index is 0.0346. The van der Waals surface area contributed by atoms with Crippen LogP contribution in [0.3, 0.4) is 0 Å². The Morgan fingerprint density at radius 2 is 0.923 bits per heavy atom. The first kappa shape index (κ1) is 17.7. The van der Waals surface area contributed by atoms with Crippen molar-refractivity contribution in [2.75, 3.05) is 0 Å². The van der Waals surface area contributed by atoms with E-state index in [-0.39, 0.29) is 35.2 Å². The first-order chi connectivity index (χ1) is 12.5. The number of hydrogen-bond donors (Lipinski definition) is 0. The fraction of sp³-hybridized carbons (Fsp3) is 0.818. The molecule has 6 atom stereocenters. The van der Waals surface area contributed by atoms with E-state index in [1.807, 2.05) is 0 Å². The van der Waals surface area contributed by atoms with E-state index >= 15 is 0 Å². The van der Waals surface area contributed by atoms with Crippen molar-refractivity contribution in [3.8, 4) is 0 Å². The third kappa shape index (κ3) is 1.96. The molecule has 2 nitrogen and oxygen atoms in total. The van der Waals surface area contributed by atoms with Crippen LogP contribution in [0.1, 0.15) is 77.0 Å². The van der Waals surface area contributed by atoms with E-state index in [0.717, 1.165) is 62.5 Å². The van der Waals surface area contributed by atoms with Crippen molar-refractivity contribution in [2.24, 2.45) is 23.7 Å². The topological polar surface area (TPSA) is 34.1 Å². The van der Waals surface area contributed by atoms with Gasteiger partial charge in [0.25, 0.3) is 0 Å². The van der Waals surface area contributed by atoms with E-state index < -0.39 is 9.75 Å². The van der Waals surface area contributed by atoms with Crippen molar-refractivity contribution in [2.45, 2.75) is 86.8 Å². The van der Waals surface area contributed by atoms with Gasteiger partial charge in [-0.1, -0.05) is 51.4 Å². The van der Waals surface area contributed by atoms with Gasteiger partial charge < -0.3 is 0 Å². The van der Waals surface area contributed by atoms with Crippen molar-refractivity contribution >= 4 is 34.8 Å². The normalized spacial score (nSPS) is 48.4. The van der Waals surface area contributed by atoms with Crippen molar-refractivity contribution in [1.29, 1.82) is 0 Å². The Bertz CT molecular complexity index is 640. The molecular weight excluding hydrogens is 367 g/mol. The van der Waals surface area contributed by atoms with Gasteiger partial charge in [-0.3, -0.25) is 9.59 Å². The van der Waals surface area contributed by atoms with Gasteiger partial charge in [0.2, 0.25) is 0 Å². The lowest BCUT2D eigenvalue weighted by Gasteiger charge is -2.67. The Kier molecular flexibility index (Phi) is 4.15. The number of carbonyl (C=O) groups is 2. The van der Waals surface area contributed by atoms with Crippen LogP contribution in [0.5, 0.6) is 0 Å². The monoisotopic (exact) mass is 394 g/mol. The first-order valence-electron chi connectivity index (χ1n) is 10.7. The maximum Gasteiger partial charge on any atom is 0.183 e. The summed E-state index contributed by atoms with van der Waals surface area (Å²) in [5.41, 5.74) is 1.60. The number of rotatable bonds is 0. The smallest absolute Gasteiger partial charge is 0.183 e. The van der Waals surface area contributed by atoms with Gasteiger partial charge in [-0.25, -0.2) is 0 Å². The van der Waals surface area contributed by atoms with Crippen LogP contribution in [0.15, 0.2) is 11.1 Å². The average molecular weight is 395 g/mol. The van der Waals surface area contributed by atoms with Crippen molar-refractivity contribution in [3.63, 3.8) is 0 Å². The third-order valence-electron chi connectivity index (χ3n) is 8.27. The first-order valence-corrected chi connectivity index (χ1v) is 11.5. The molecule has 3 fully saturated rings. The summed E-state index contributed by atoms with van der Waals surface area (Å²) in [5, 5.41) is 0. The number of fused-ring (bicyclic) bond motifs is 7. The molecule has 0 aromatic carbocycles. The highest BCUT2D eigenvalue weighted by Gasteiger charge is 2.80. The molecule has 0 aromatic rings. The van der Waals surface area contributed by atoms with Crippen LogP contribution in [0.25, 0.3) is 0 Å². The molecule has 0 saturated heterocycles. The zero-order valence-electron chi connectivity index (χ0n) is 15.4. The molecule has 3 saturated carbocycles. The number of halogens is 2. The van der Waals surface area contributed by atoms with Gasteiger partial charge in [-0.05, 0) is 49.4 Å². The summed E-state index contributed by atoms with van der Waals surface area (Å²) >= 11 is 14.1. The molecule has 26 heavy (non-hydrogen) atoms. The van der Waals surface area contributed by atoms with Crippen LogP contribution in [-0.4, -0.2) is 21.3 Å². The summed E-state index contributed by atoms with van der Waals surface area (Å²) in [6.45, 7) is 0. The SMILES string of the molecule is O=C1C2=C(C(=O)[C@]3(Cl)[C@@H]4CCCCCC[C@@H]4[C@]13Cl)[C@@H]1CCCCCC[C@H]21. The zero-order chi connectivity index (χ0) is 18.1. The number of Topliss-reactive ketones (excluding diaryl/α,β-unsaturated/α-hetero) is 2. The van der Waals surface area contributed by atoms with Gasteiger partial charge in [0.15, 0.2) is 11.6 Å². The maximum absolute atomic E-state index is 13.6. The summed E-state index contributed by atoms with van der Waals surface area (Å²) in [6.07, 6.45) is 13.4. The van der Waals surface area contributed by atoms with Crippen molar-refractivity contribution in [1.82, 2.24) is 0 Å². The van der Waals surface area contributed by atoms with Gasteiger partial charge in [0, 0.05) is 11.1 Å². The van der Waals surface area contributed by atoms with Crippen LogP contribution in [-0.2, 0) is 9.59 Å². The molecule has 0 bridgehead atoms. The quantitative estimate of drug-likeness (QED) is 0.501. The standard InChI is InChI=1S/C22H28Cl2O2/c23-21-15-11-7-3-4-8-12-16(15)22(21,24)20(26)18-14-10-6-2-1-5-9-13(14)17(18)19(21)25/h13-16H,1-12H2/t13-,14+,15-,16+,21-,22+. The molecule has 0 radical (unpaired) electrons. The molecule has 0 N–H and O–H groups in total. The number of carbonyl (C=O) groups excluding carboxylic acids is 2. The molecule has 5 aliphatic carbocycles.